The fourth-order valence-electron chi connectivity index (χ4n) is 2.66. The van der Waals surface area contributed by atoms with Crippen LogP contribution in [0.3, 0.4) is 0 Å². The first-order valence-electron chi connectivity index (χ1n) is 7.19. The summed E-state index contributed by atoms with van der Waals surface area (Å²) in [6, 6.07) is 7.59. The van der Waals surface area contributed by atoms with E-state index < -0.39 is 0 Å². The summed E-state index contributed by atoms with van der Waals surface area (Å²) >= 11 is 0. The fraction of sp³-hybridized carbons (Fsp3) is 0.562. The zero-order valence-electron chi connectivity index (χ0n) is 11.6. The molecule has 0 aromatic heterocycles. The molecule has 2 rings (SSSR count). The van der Waals surface area contributed by atoms with Gasteiger partial charge in [-0.05, 0) is 56.2 Å². The first-order valence-corrected chi connectivity index (χ1v) is 7.19. The molecule has 3 heteroatoms. The molecular formula is C16H23NO2. The predicted molar refractivity (Wildman–Crippen MR) is 76.0 cm³/mol. The summed E-state index contributed by atoms with van der Waals surface area (Å²) in [7, 11) is 0. The Kier molecular flexibility index (Phi) is 4.97. The van der Waals surface area contributed by atoms with Gasteiger partial charge in [0.1, 0.15) is 6.10 Å². The summed E-state index contributed by atoms with van der Waals surface area (Å²) in [5, 5.41) is 0. The standard InChI is InChI=1S/C16H23NO2/c1-12-6-8-14(9-7-12)19-16(18)15-5-3-2-4-13(15)10-11-17/h2-5,12,14H,6-11,17H2,1H3. The van der Waals surface area contributed by atoms with Gasteiger partial charge in [0.05, 0.1) is 5.56 Å². The smallest absolute Gasteiger partial charge is 0.338 e. The zero-order valence-corrected chi connectivity index (χ0v) is 11.6. The van der Waals surface area contributed by atoms with E-state index in [4.69, 9.17) is 10.5 Å². The Morgan fingerprint density at radius 3 is 2.63 bits per heavy atom. The van der Waals surface area contributed by atoms with Crippen molar-refractivity contribution in [3.63, 3.8) is 0 Å². The van der Waals surface area contributed by atoms with E-state index in [2.05, 4.69) is 6.92 Å². The van der Waals surface area contributed by atoms with Crippen LogP contribution in [0.4, 0.5) is 0 Å². The van der Waals surface area contributed by atoms with Crippen LogP contribution in [0.15, 0.2) is 24.3 Å². The van der Waals surface area contributed by atoms with E-state index in [0.717, 1.165) is 37.2 Å². The Balaban J connectivity index is 1.99. The minimum absolute atomic E-state index is 0.0923. The molecule has 0 saturated heterocycles. The Morgan fingerprint density at radius 2 is 1.95 bits per heavy atom. The van der Waals surface area contributed by atoms with Crippen molar-refractivity contribution in [2.75, 3.05) is 6.54 Å². The van der Waals surface area contributed by atoms with Crippen LogP contribution in [0, 0.1) is 5.92 Å². The number of ether oxygens (including phenoxy) is 1. The molecule has 2 N–H and O–H groups in total. The molecule has 104 valence electrons. The molecule has 0 atom stereocenters. The van der Waals surface area contributed by atoms with Crippen molar-refractivity contribution < 1.29 is 9.53 Å². The fourth-order valence-corrected chi connectivity index (χ4v) is 2.66. The molecule has 0 bridgehead atoms. The molecule has 0 amide bonds. The van der Waals surface area contributed by atoms with Gasteiger partial charge in [-0.1, -0.05) is 25.1 Å². The number of hydrogen-bond donors (Lipinski definition) is 1. The van der Waals surface area contributed by atoms with E-state index in [1.165, 1.54) is 0 Å². The van der Waals surface area contributed by atoms with Gasteiger partial charge >= 0.3 is 5.97 Å². The van der Waals surface area contributed by atoms with Crippen LogP contribution in [-0.2, 0) is 11.2 Å². The van der Waals surface area contributed by atoms with Crippen molar-refractivity contribution in [1.82, 2.24) is 0 Å². The highest BCUT2D eigenvalue weighted by Gasteiger charge is 2.22. The van der Waals surface area contributed by atoms with Gasteiger partial charge in [-0.15, -0.1) is 0 Å². The van der Waals surface area contributed by atoms with E-state index in [-0.39, 0.29) is 12.1 Å². The lowest BCUT2D eigenvalue weighted by Gasteiger charge is -2.26. The van der Waals surface area contributed by atoms with Crippen molar-refractivity contribution in [3.8, 4) is 0 Å². The summed E-state index contributed by atoms with van der Waals surface area (Å²) in [6.07, 6.45) is 5.10. The molecule has 0 heterocycles. The maximum atomic E-state index is 12.2. The molecule has 3 nitrogen and oxygen atoms in total. The highest BCUT2D eigenvalue weighted by molar-refractivity contribution is 5.91. The maximum Gasteiger partial charge on any atom is 0.338 e. The van der Waals surface area contributed by atoms with Crippen molar-refractivity contribution in [1.29, 1.82) is 0 Å². The van der Waals surface area contributed by atoms with Gasteiger partial charge in [0, 0.05) is 0 Å². The van der Waals surface area contributed by atoms with E-state index in [9.17, 15) is 4.79 Å². The first-order chi connectivity index (χ1) is 9.20. The van der Waals surface area contributed by atoms with Crippen molar-refractivity contribution in [2.24, 2.45) is 11.7 Å². The second-order valence-corrected chi connectivity index (χ2v) is 5.48. The summed E-state index contributed by atoms with van der Waals surface area (Å²) in [5.74, 6) is 0.572. The Bertz CT molecular complexity index is 423. The van der Waals surface area contributed by atoms with Crippen LogP contribution in [0.2, 0.25) is 0 Å². The average molecular weight is 261 g/mol. The molecule has 0 spiro atoms. The second-order valence-electron chi connectivity index (χ2n) is 5.48. The largest absolute Gasteiger partial charge is 0.459 e. The minimum atomic E-state index is -0.191. The third kappa shape index (κ3) is 3.80. The number of rotatable bonds is 4. The number of nitrogens with two attached hydrogens (primary N) is 1. The van der Waals surface area contributed by atoms with Crippen molar-refractivity contribution in [2.45, 2.75) is 45.1 Å². The minimum Gasteiger partial charge on any atom is -0.459 e. The lowest BCUT2D eigenvalue weighted by molar-refractivity contribution is 0.0172. The molecule has 0 unspecified atom stereocenters. The van der Waals surface area contributed by atoms with Gasteiger partial charge in [0.25, 0.3) is 0 Å². The van der Waals surface area contributed by atoms with Gasteiger partial charge in [0.2, 0.25) is 0 Å². The number of carbonyl (C=O) groups is 1. The monoisotopic (exact) mass is 261 g/mol. The molecule has 0 radical (unpaired) electrons. The Morgan fingerprint density at radius 1 is 1.26 bits per heavy atom. The van der Waals surface area contributed by atoms with Crippen LogP contribution < -0.4 is 5.73 Å². The van der Waals surface area contributed by atoms with Gasteiger partial charge in [-0.3, -0.25) is 0 Å². The zero-order chi connectivity index (χ0) is 13.7. The molecule has 1 fully saturated rings. The topological polar surface area (TPSA) is 52.3 Å². The Hall–Kier alpha value is -1.35. The lowest BCUT2D eigenvalue weighted by atomic mass is 9.89. The summed E-state index contributed by atoms with van der Waals surface area (Å²) in [5.41, 5.74) is 7.24. The normalized spacial score (nSPS) is 23.1. The van der Waals surface area contributed by atoms with Gasteiger partial charge in [-0.25, -0.2) is 4.79 Å². The maximum absolute atomic E-state index is 12.2. The molecule has 1 aliphatic carbocycles. The second kappa shape index (κ2) is 6.71. The average Bonchev–Trinajstić information content (AvgIpc) is 2.42. The van der Waals surface area contributed by atoms with Crippen LogP contribution >= 0.6 is 0 Å². The number of hydrogen-bond acceptors (Lipinski definition) is 3. The first kappa shape index (κ1) is 14.1. The molecule has 1 aromatic rings. The van der Waals surface area contributed by atoms with E-state index >= 15 is 0 Å². The number of esters is 1. The van der Waals surface area contributed by atoms with Gasteiger partial charge < -0.3 is 10.5 Å². The van der Waals surface area contributed by atoms with E-state index in [1.54, 1.807) is 0 Å². The van der Waals surface area contributed by atoms with Crippen LogP contribution in [0.25, 0.3) is 0 Å². The van der Waals surface area contributed by atoms with Gasteiger partial charge in [0.15, 0.2) is 0 Å². The lowest BCUT2D eigenvalue weighted by Crippen LogP contribution is -2.24. The van der Waals surface area contributed by atoms with Crippen LogP contribution in [0.5, 0.6) is 0 Å². The molecule has 0 aliphatic heterocycles. The van der Waals surface area contributed by atoms with E-state index in [0.29, 0.717) is 18.5 Å². The number of benzene rings is 1. The third-order valence-corrected chi connectivity index (χ3v) is 3.89. The van der Waals surface area contributed by atoms with Gasteiger partial charge in [-0.2, -0.15) is 0 Å². The number of carbonyl (C=O) groups excluding carboxylic acids is 1. The summed E-state index contributed by atoms with van der Waals surface area (Å²) in [6.45, 7) is 2.81. The van der Waals surface area contributed by atoms with Crippen molar-refractivity contribution >= 4 is 5.97 Å². The predicted octanol–water partition coefficient (Wildman–Crippen LogP) is 2.92. The highest BCUT2D eigenvalue weighted by atomic mass is 16.5. The van der Waals surface area contributed by atoms with E-state index in [1.807, 2.05) is 24.3 Å². The molecule has 1 aromatic carbocycles. The van der Waals surface area contributed by atoms with Crippen LogP contribution in [0.1, 0.15) is 48.5 Å². The SMILES string of the molecule is CC1CCC(OC(=O)c2ccccc2CCN)CC1. The summed E-state index contributed by atoms with van der Waals surface area (Å²) in [4.78, 5) is 12.2. The molecule has 1 aliphatic rings. The highest BCUT2D eigenvalue weighted by Crippen LogP contribution is 2.26. The van der Waals surface area contributed by atoms with Crippen molar-refractivity contribution in [3.05, 3.63) is 35.4 Å². The quantitative estimate of drug-likeness (QED) is 0.848. The molecule has 19 heavy (non-hydrogen) atoms. The van der Waals surface area contributed by atoms with Crippen LogP contribution in [-0.4, -0.2) is 18.6 Å². The summed E-state index contributed by atoms with van der Waals surface area (Å²) < 4.78 is 5.63. The molecule has 1 saturated carbocycles. The Labute approximate surface area is 115 Å². The molecular weight excluding hydrogens is 238 g/mol. The third-order valence-electron chi connectivity index (χ3n) is 3.89.